The largest absolute Gasteiger partial charge is 0.396 e. The van der Waals surface area contributed by atoms with Gasteiger partial charge in [-0.15, -0.1) is 0 Å². The monoisotopic (exact) mass is 328 g/mol. The van der Waals surface area contributed by atoms with Gasteiger partial charge in [-0.1, -0.05) is 18.3 Å². The van der Waals surface area contributed by atoms with Gasteiger partial charge in [-0.2, -0.15) is 4.98 Å². The maximum atomic E-state index is 11.9. The third kappa shape index (κ3) is 2.20. The standard InChI is InChI=1S/C12H16N4O5S/c1-4-16(9-8(22-4)10(20)15-12(13)14-9)11-7(19)5(2-17)6(3-18)21-11/h5-7,11,17-19H,1-3H2,(H3,13,14,15,20)/t5-,6-,7-,11-/m1/s1. The maximum absolute atomic E-state index is 11.9. The van der Waals surface area contributed by atoms with Crippen LogP contribution in [0.2, 0.25) is 0 Å². The van der Waals surface area contributed by atoms with Crippen LogP contribution in [-0.4, -0.2) is 56.9 Å². The summed E-state index contributed by atoms with van der Waals surface area (Å²) in [4.78, 5) is 20.2. The number of aromatic nitrogens is 2. The average Bonchev–Trinajstić information content (AvgIpc) is 2.95. The molecule has 2 aliphatic rings. The first kappa shape index (κ1) is 15.3. The molecule has 3 rings (SSSR count). The molecule has 6 N–H and O–H groups in total. The number of anilines is 2. The predicted molar refractivity (Wildman–Crippen MR) is 79.1 cm³/mol. The predicted octanol–water partition coefficient (Wildman–Crippen LogP) is -1.58. The van der Waals surface area contributed by atoms with Crippen LogP contribution in [0.1, 0.15) is 0 Å². The lowest BCUT2D eigenvalue weighted by Gasteiger charge is -2.28. The molecule has 10 heteroatoms. The van der Waals surface area contributed by atoms with Crippen molar-refractivity contribution in [3.8, 4) is 0 Å². The molecule has 0 aliphatic carbocycles. The summed E-state index contributed by atoms with van der Waals surface area (Å²) in [6.07, 6.45) is -2.71. The van der Waals surface area contributed by atoms with Crippen molar-refractivity contribution in [1.29, 1.82) is 0 Å². The number of nitrogens with two attached hydrogens (primary N) is 1. The third-order valence-corrected chi connectivity index (χ3v) is 4.77. The number of aliphatic hydroxyl groups is 3. The molecule has 2 aliphatic heterocycles. The van der Waals surface area contributed by atoms with Crippen molar-refractivity contribution in [1.82, 2.24) is 9.97 Å². The zero-order chi connectivity index (χ0) is 16.0. The van der Waals surface area contributed by atoms with Gasteiger partial charge in [0.1, 0.15) is 11.0 Å². The maximum Gasteiger partial charge on any atom is 0.268 e. The fourth-order valence-corrected chi connectivity index (χ4v) is 3.58. The van der Waals surface area contributed by atoms with E-state index in [4.69, 9.17) is 10.5 Å². The fourth-order valence-electron chi connectivity index (χ4n) is 2.68. The van der Waals surface area contributed by atoms with E-state index in [0.29, 0.717) is 9.92 Å². The first-order valence-corrected chi connectivity index (χ1v) is 7.40. The van der Waals surface area contributed by atoms with Crippen LogP contribution in [0.25, 0.3) is 0 Å². The van der Waals surface area contributed by atoms with E-state index in [0.717, 1.165) is 11.8 Å². The van der Waals surface area contributed by atoms with Crippen LogP contribution in [0.3, 0.4) is 0 Å². The highest BCUT2D eigenvalue weighted by Crippen LogP contribution is 2.46. The van der Waals surface area contributed by atoms with Crippen molar-refractivity contribution in [2.45, 2.75) is 23.3 Å². The Morgan fingerprint density at radius 1 is 1.45 bits per heavy atom. The molecule has 1 aromatic heterocycles. The molecule has 1 fully saturated rings. The number of H-pyrrole nitrogens is 1. The van der Waals surface area contributed by atoms with E-state index >= 15 is 0 Å². The molecule has 0 saturated carbocycles. The van der Waals surface area contributed by atoms with Crippen molar-refractivity contribution in [2.75, 3.05) is 23.8 Å². The molecule has 0 amide bonds. The first-order chi connectivity index (χ1) is 10.5. The molecule has 22 heavy (non-hydrogen) atoms. The molecular formula is C12H16N4O5S. The second kappa shape index (κ2) is 5.56. The Kier molecular flexibility index (Phi) is 3.87. The minimum atomic E-state index is -1.08. The number of nitrogen functional groups attached to an aromatic ring is 1. The number of aliphatic hydroxyl groups excluding tert-OH is 3. The third-order valence-electron chi connectivity index (χ3n) is 3.76. The summed E-state index contributed by atoms with van der Waals surface area (Å²) in [5, 5.41) is 29.5. The van der Waals surface area contributed by atoms with Crippen LogP contribution in [0.4, 0.5) is 11.8 Å². The van der Waals surface area contributed by atoms with Crippen molar-refractivity contribution in [3.63, 3.8) is 0 Å². The van der Waals surface area contributed by atoms with E-state index in [2.05, 4.69) is 16.5 Å². The SMILES string of the molecule is C=C1Sc2c(nc(N)[nH]c2=O)N1[C@@H]1O[C@H](CO)[C@@H](CO)[C@H]1O. The van der Waals surface area contributed by atoms with E-state index in [1.54, 1.807) is 0 Å². The van der Waals surface area contributed by atoms with Gasteiger partial charge in [-0.25, -0.2) is 0 Å². The summed E-state index contributed by atoms with van der Waals surface area (Å²) in [5.74, 6) is -0.458. The Morgan fingerprint density at radius 3 is 2.77 bits per heavy atom. The lowest BCUT2D eigenvalue weighted by molar-refractivity contribution is -0.0112. The molecular weight excluding hydrogens is 312 g/mol. The van der Waals surface area contributed by atoms with Crippen LogP contribution >= 0.6 is 11.8 Å². The summed E-state index contributed by atoms with van der Waals surface area (Å²) in [6, 6.07) is 0. The van der Waals surface area contributed by atoms with Gasteiger partial charge in [0.05, 0.1) is 24.3 Å². The number of hydrogen-bond acceptors (Lipinski definition) is 9. The fraction of sp³-hybridized carbons (Fsp3) is 0.500. The number of rotatable bonds is 3. The molecule has 0 aromatic carbocycles. The number of thioether (sulfide) groups is 1. The van der Waals surface area contributed by atoms with Crippen molar-refractivity contribution in [3.05, 3.63) is 22.0 Å². The van der Waals surface area contributed by atoms with E-state index in [1.807, 2.05) is 0 Å². The van der Waals surface area contributed by atoms with Gasteiger partial charge in [0, 0.05) is 5.92 Å². The van der Waals surface area contributed by atoms with E-state index in [-0.39, 0.29) is 25.0 Å². The average molecular weight is 328 g/mol. The van der Waals surface area contributed by atoms with E-state index in [9.17, 15) is 20.1 Å². The van der Waals surface area contributed by atoms with Crippen molar-refractivity contribution in [2.24, 2.45) is 5.92 Å². The van der Waals surface area contributed by atoms with Crippen molar-refractivity contribution >= 4 is 23.5 Å². The number of nitrogens with zero attached hydrogens (tertiary/aromatic N) is 2. The molecule has 9 nitrogen and oxygen atoms in total. The van der Waals surface area contributed by atoms with E-state index in [1.165, 1.54) is 4.90 Å². The van der Waals surface area contributed by atoms with Crippen LogP contribution in [-0.2, 0) is 4.74 Å². The number of ether oxygens (including phenoxy) is 1. The zero-order valence-corrected chi connectivity index (χ0v) is 12.3. The first-order valence-electron chi connectivity index (χ1n) is 6.59. The minimum absolute atomic E-state index is 0.0612. The van der Waals surface area contributed by atoms with Gasteiger partial charge in [-0.05, 0) is 0 Å². The number of aromatic amines is 1. The molecule has 3 heterocycles. The highest BCUT2D eigenvalue weighted by atomic mass is 32.2. The van der Waals surface area contributed by atoms with E-state index < -0.39 is 29.9 Å². The highest BCUT2D eigenvalue weighted by molar-refractivity contribution is 8.03. The Hall–Kier alpha value is -1.59. The highest BCUT2D eigenvalue weighted by Gasteiger charge is 2.49. The Labute approximate surface area is 129 Å². The van der Waals surface area contributed by atoms with Crippen molar-refractivity contribution < 1.29 is 20.1 Å². The molecule has 0 bridgehead atoms. The van der Waals surface area contributed by atoms with Crippen LogP contribution < -0.4 is 16.2 Å². The summed E-state index contributed by atoms with van der Waals surface area (Å²) in [7, 11) is 0. The lowest BCUT2D eigenvalue weighted by atomic mass is 9.99. The second-order valence-electron chi connectivity index (χ2n) is 5.05. The Balaban J connectivity index is 2.00. The van der Waals surface area contributed by atoms with Crippen LogP contribution in [0.5, 0.6) is 0 Å². The second-order valence-corrected chi connectivity index (χ2v) is 6.14. The molecule has 1 saturated heterocycles. The number of hydrogen-bond donors (Lipinski definition) is 5. The Morgan fingerprint density at radius 2 is 2.18 bits per heavy atom. The van der Waals surface area contributed by atoms with Crippen LogP contribution in [0.15, 0.2) is 21.3 Å². The zero-order valence-electron chi connectivity index (χ0n) is 11.5. The Bertz CT molecular complexity index is 665. The summed E-state index contributed by atoms with van der Waals surface area (Å²) < 4.78 is 5.62. The summed E-state index contributed by atoms with van der Waals surface area (Å²) in [6.45, 7) is 3.16. The molecule has 0 unspecified atom stereocenters. The quantitative estimate of drug-likeness (QED) is 0.444. The summed E-state index contributed by atoms with van der Waals surface area (Å²) in [5.41, 5.74) is 5.16. The summed E-state index contributed by atoms with van der Waals surface area (Å²) >= 11 is 1.09. The van der Waals surface area contributed by atoms with Gasteiger partial charge < -0.3 is 25.8 Å². The number of nitrogens with one attached hydrogen (secondary N) is 1. The van der Waals surface area contributed by atoms with Gasteiger partial charge in [0.2, 0.25) is 5.95 Å². The molecule has 1 aromatic rings. The lowest BCUT2D eigenvalue weighted by Crippen LogP contribution is -2.42. The normalized spacial score (nSPS) is 30.9. The van der Waals surface area contributed by atoms with Crippen LogP contribution in [0, 0.1) is 5.92 Å². The molecule has 120 valence electrons. The van der Waals surface area contributed by atoms with Gasteiger partial charge in [0.25, 0.3) is 5.56 Å². The van der Waals surface area contributed by atoms with Gasteiger partial charge >= 0.3 is 0 Å². The van der Waals surface area contributed by atoms with Gasteiger partial charge in [0.15, 0.2) is 12.0 Å². The topological polar surface area (TPSA) is 145 Å². The molecule has 4 atom stereocenters. The molecule has 0 radical (unpaired) electrons. The number of fused-ring (bicyclic) bond motifs is 1. The smallest absolute Gasteiger partial charge is 0.268 e. The van der Waals surface area contributed by atoms with Gasteiger partial charge in [-0.3, -0.25) is 14.7 Å². The molecule has 0 spiro atoms. The minimum Gasteiger partial charge on any atom is -0.396 e.